The van der Waals surface area contributed by atoms with E-state index in [9.17, 15) is 23.2 Å². The van der Waals surface area contributed by atoms with Gasteiger partial charge in [0.15, 0.2) is 5.78 Å². The molecule has 1 unspecified atom stereocenters. The molecule has 0 saturated carbocycles. The first-order chi connectivity index (χ1) is 14.7. The van der Waals surface area contributed by atoms with Gasteiger partial charge in [-0.25, -0.2) is 13.8 Å². The van der Waals surface area contributed by atoms with Crippen LogP contribution in [0.25, 0.3) is 5.57 Å². The van der Waals surface area contributed by atoms with E-state index in [4.69, 9.17) is 0 Å². The van der Waals surface area contributed by atoms with Crippen LogP contribution >= 0.6 is 0 Å². The Morgan fingerprint density at radius 2 is 1.77 bits per heavy atom. The third kappa shape index (κ3) is 7.73. The van der Waals surface area contributed by atoms with Crippen molar-refractivity contribution >= 4 is 29.0 Å². The topological polar surface area (TPSA) is 88.2 Å². The second-order valence-corrected chi connectivity index (χ2v) is 7.22. The fraction of sp³-hybridized carbons (Fsp3) is 0.304. The molecule has 6 nitrogen and oxygen atoms in total. The van der Waals surface area contributed by atoms with Gasteiger partial charge >= 0.3 is 0 Å². The quantitative estimate of drug-likeness (QED) is 0.593. The van der Waals surface area contributed by atoms with Gasteiger partial charge in [-0.15, -0.1) is 0 Å². The molecule has 2 aromatic rings. The summed E-state index contributed by atoms with van der Waals surface area (Å²) in [4.78, 5) is 40.3. The van der Waals surface area contributed by atoms with Crippen LogP contribution in [-0.4, -0.2) is 28.6 Å². The lowest BCUT2D eigenvalue weighted by molar-refractivity contribution is -0.126. The molecule has 2 amide bonds. The summed E-state index contributed by atoms with van der Waals surface area (Å²) in [5.74, 6) is -2.29. The van der Waals surface area contributed by atoms with Crippen molar-refractivity contribution < 1.29 is 23.2 Å². The number of anilines is 1. The van der Waals surface area contributed by atoms with E-state index in [0.29, 0.717) is 18.7 Å². The van der Waals surface area contributed by atoms with E-state index in [1.165, 1.54) is 19.2 Å². The van der Waals surface area contributed by atoms with Crippen molar-refractivity contribution in [2.45, 2.75) is 46.1 Å². The number of halogens is 2. The maximum atomic E-state index is 13.3. The molecular formula is C23H25F2N3O3. The van der Waals surface area contributed by atoms with Gasteiger partial charge in [-0.05, 0) is 67.3 Å². The molecule has 0 radical (unpaired) electrons. The maximum Gasteiger partial charge on any atom is 0.248 e. The number of rotatable bonds is 9. The Labute approximate surface area is 179 Å². The Balaban J connectivity index is 2.02. The highest BCUT2D eigenvalue weighted by Crippen LogP contribution is 2.15. The molecule has 8 heteroatoms. The number of allylic oxidation sites excluding steroid dienone is 2. The predicted molar refractivity (Wildman–Crippen MR) is 114 cm³/mol. The highest BCUT2D eigenvalue weighted by molar-refractivity contribution is 5.97. The van der Waals surface area contributed by atoms with Crippen molar-refractivity contribution in [2.24, 2.45) is 0 Å². The number of hydrogen-bond donors (Lipinski definition) is 2. The largest absolute Gasteiger partial charge is 0.344 e. The molecule has 1 atom stereocenters. The summed E-state index contributed by atoms with van der Waals surface area (Å²) >= 11 is 0. The molecule has 0 spiro atoms. The van der Waals surface area contributed by atoms with E-state index in [2.05, 4.69) is 15.6 Å². The Morgan fingerprint density at radius 3 is 2.32 bits per heavy atom. The number of amides is 2. The summed E-state index contributed by atoms with van der Waals surface area (Å²) in [6, 6.07) is 5.38. The number of carbonyl (C=O) groups excluding carboxylic acids is 3. The molecule has 0 bridgehead atoms. The molecule has 31 heavy (non-hydrogen) atoms. The molecule has 1 aromatic heterocycles. The van der Waals surface area contributed by atoms with Gasteiger partial charge in [-0.2, -0.15) is 0 Å². The number of pyridine rings is 1. The highest BCUT2D eigenvalue weighted by Gasteiger charge is 2.21. The van der Waals surface area contributed by atoms with Crippen LogP contribution in [-0.2, 0) is 20.8 Å². The molecule has 0 fully saturated rings. The fourth-order valence-electron chi connectivity index (χ4n) is 3.00. The Hall–Kier alpha value is -3.42. The number of nitrogens with one attached hydrogen (secondary N) is 2. The Bertz CT molecular complexity index is 968. The monoisotopic (exact) mass is 429 g/mol. The summed E-state index contributed by atoms with van der Waals surface area (Å²) in [6.45, 7) is 5.11. The summed E-state index contributed by atoms with van der Waals surface area (Å²) < 4.78 is 26.6. The smallest absolute Gasteiger partial charge is 0.248 e. The van der Waals surface area contributed by atoms with Gasteiger partial charge in [0.2, 0.25) is 11.8 Å². The van der Waals surface area contributed by atoms with Crippen molar-refractivity contribution in [3.63, 3.8) is 0 Å². The number of carbonyl (C=O) groups is 3. The fourth-order valence-corrected chi connectivity index (χ4v) is 3.00. The van der Waals surface area contributed by atoms with Crippen LogP contribution < -0.4 is 10.6 Å². The van der Waals surface area contributed by atoms with Gasteiger partial charge in [0.05, 0.1) is 6.42 Å². The number of ketones is 1. The zero-order valence-corrected chi connectivity index (χ0v) is 17.7. The van der Waals surface area contributed by atoms with Crippen LogP contribution in [0.1, 0.15) is 44.7 Å². The van der Waals surface area contributed by atoms with Crippen molar-refractivity contribution in [2.75, 3.05) is 5.32 Å². The summed E-state index contributed by atoms with van der Waals surface area (Å²) in [5, 5.41) is 5.26. The number of hydrogen-bond acceptors (Lipinski definition) is 4. The van der Waals surface area contributed by atoms with Crippen LogP contribution in [0.15, 0.2) is 42.6 Å². The zero-order chi connectivity index (χ0) is 23.0. The number of nitrogens with zero attached hydrogens (tertiary/aromatic N) is 1. The van der Waals surface area contributed by atoms with Crippen LogP contribution in [0.4, 0.5) is 14.6 Å². The van der Waals surface area contributed by atoms with Gasteiger partial charge < -0.3 is 10.6 Å². The van der Waals surface area contributed by atoms with Crippen LogP contribution in [0.3, 0.4) is 0 Å². The molecule has 164 valence electrons. The van der Waals surface area contributed by atoms with E-state index in [1.807, 2.05) is 6.92 Å². The van der Waals surface area contributed by atoms with Crippen molar-refractivity contribution in [3.05, 3.63) is 65.4 Å². The average Bonchev–Trinajstić information content (AvgIpc) is 2.66. The van der Waals surface area contributed by atoms with Gasteiger partial charge in [-0.1, -0.05) is 13.3 Å². The molecule has 1 aromatic carbocycles. The van der Waals surface area contributed by atoms with E-state index in [-0.39, 0.29) is 17.8 Å². The lowest BCUT2D eigenvalue weighted by Crippen LogP contribution is -2.44. The second kappa shape index (κ2) is 11.1. The zero-order valence-electron chi connectivity index (χ0n) is 17.7. The minimum Gasteiger partial charge on any atom is -0.344 e. The highest BCUT2D eigenvalue weighted by atomic mass is 19.1. The Morgan fingerprint density at radius 1 is 1.10 bits per heavy atom. The average molecular weight is 429 g/mol. The van der Waals surface area contributed by atoms with Crippen molar-refractivity contribution in [3.8, 4) is 0 Å². The third-order valence-corrected chi connectivity index (χ3v) is 4.41. The number of aromatic nitrogens is 1. The SMILES string of the molecule is CCCC(NC(=O)Cc1cc(F)cc(F)c1)C(=O)Nc1ccc(/C(C)=C/C(C)=O)cn1. The number of benzene rings is 1. The lowest BCUT2D eigenvalue weighted by atomic mass is 10.1. The van der Waals surface area contributed by atoms with Crippen molar-refractivity contribution in [1.29, 1.82) is 0 Å². The standard InChI is InChI=1S/C23H25F2N3O3/c1-4-5-20(27-22(30)11-16-9-18(24)12-19(25)10-16)23(31)28-21-7-6-17(13-26-21)14(2)8-15(3)29/h6-10,12-13,20H,4-5,11H2,1-3H3,(H,27,30)(H,26,28,31)/b14-8+. The lowest BCUT2D eigenvalue weighted by Gasteiger charge is -2.18. The maximum absolute atomic E-state index is 13.3. The van der Waals surface area contributed by atoms with Gasteiger partial charge in [-0.3, -0.25) is 14.4 Å². The first kappa shape index (κ1) is 23.9. The summed E-state index contributed by atoms with van der Waals surface area (Å²) in [7, 11) is 0. The molecule has 0 saturated heterocycles. The van der Waals surface area contributed by atoms with E-state index in [1.54, 1.807) is 19.1 Å². The van der Waals surface area contributed by atoms with E-state index >= 15 is 0 Å². The van der Waals surface area contributed by atoms with E-state index < -0.39 is 29.5 Å². The molecule has 0 aliphatic carbocycles. The van der Waals surface area contributed by atoms with E-state index in [0.717, 1.165) is 29.3 Å². The summed E-state index contributed by atoms with van der Waals surface area (Å²) in [6.07, 6.45) is 3.79. The first-order valence-corrected chi connectivity index (χ1v) is 9.88. The summed E-state index contributed by atoms with van der Waals surface area (Å²) in [5.41, 5.74) is 1.67. The normalized spacial score (nSPS) is 12.2. The second-order valence-electron chi connectivity index (χ2n) is 7.22. The minimum absolute atomic E-state index is 0.0750. The Kier molecular flexibility index (Phi) is 8.54. The molecule has 0 aliphatic heterocycles. The predicted octanol–water partition coefficient (Wildman–Crippen LogP) is 3.82. The van der Waals surface area contributed by atoms with Gasteiger partial charge in [0.25, 0.3) is 0 Å². The third-order valence-electron chi connectivity index (χ3n) is 4.41. The molecule has 0 aliphatic rings. The first-order valence-electron chi connectivity index (χ1n) is 9.88. The molecule has 2 rings (SSSR count). The van der Waals surface area contributed by atoms with Crippen LogP contribution in [0, 0.1) is 11.6 Å². The van der Waals surface area contributed by atoms with Crippen LogP contribution in [0.5, 0.6) is 0 Å². The molecule has 2 N–H and O–H groups in total. The van der Waals surface area contributed by atoms with Gasteiger partial charge in [0.1, 0.15) is 23.5 Å². The van der Waals surface area contributed by atoms with Gasteiger partial charge in [0, 0.05) is 12.3 Å². The molecule has 1 heterocycles. The molecular weight excluding hydrogens is 404 g/mol. The van der Waals surface area contributed by atoms with Crippen molar-refractivity contribution in [1.82, 2.24) is 10.3 Å². The minimum atomic E-state index is -0.822. The van der Waals surface area contributed by atoms with Crippen LogP contribution in [0.2, 0.25) is 0 Å².